The predicted octanol–water partition coefficient (Wildman–Crippen LogP) is 1.85. The minimum absolute atomic E-state index is 0.0907. The zero-order valence-corrected chi connectivity index (χ0v) is 10.4. The molecule has 1 aliphatic heterocycles. The van der Waals surface area contributed by atoms with Crippen molar-refractivity contribution in [3.63, 3.8) is 0 Å². The molecular weight excluding hydrogens is 252 g/mol. The zero-order valence-electron chi connectivity index (χ0n) is 9.63. The summed E-state index contributed by atoms with van der Waals surface area (Å²) in [6.07, 6.45) is 2.44. The summed E-state index contributed by atoms with van der Waals surface area (Å²) in [6, 6.07) is 3.73. The van der Waals surface area contributed by atoms with Gasteiger partial charge in [0.2, 0.25) is 0 Å². The van der Waals surface area contributed by atoms with Crippen molar-refractivity contribution in [2.24, 2.45) is 0 Å². The molecule has 1 N–H and O–H groups in total. The molecule has 1 aliphatic rings. The van der Waals surface area contributed by atoms with Crippen LogP contribution in [0.2, 0.25) is 0 Å². The monoisotopic (exact) mass is 264 g/mol. The number of rotatable bonds is 3. The molecule has 0 aliphatic carbocycles. The van der Waals surface area contributed by atoms with Gasteiger partial charge in [-0.2, -0.15) is 0 Å². The molecule has 0 saturated heterocycles. The van der Waals surface area contributed by atoms with E-state index in [-0.39, 0.29) is 6.54 Å². The topological polar surface area (TPSA) is 66.6 Å². The molecule has 3 heterocycles. The Labute approximate surface area is 108 Å². The smallest absolute Gasteiger partial charge is 0.317 e. The third-order valence-electron chi connectivity index (χ3n) is 2.90. The number of carboxylic acids is 1. The van der Waals surface area contributed by atoms with Crippen molar-refractivity contribution in [1.82, 2.24) is 9.88 Å². The fraction of sp³-hybridized carbons (Fsp3) is 0.333. The Morgan fingerprint density at radius 1 is 1.61 bits per heavy atom. The van der Waals surface area contributed by atoms with E-state index in [9.17, 15) is 4.79 Å². The van der Waals surface area contributed by atoms with Crippen LogP contribution in [0, 0.1) is 0 Å². The fourth-order valence-electron chi connectivity index (χ4n) is 2.08. The Morgan fingerprint density at radius 2 is 2.50 bits per heavy atom. The van der Waals surface area contributed by atoms with Crippen molar-refractivity contribution in [2.45, 2.75) is 13.0 Å². The number of hydrogen-bond donors (Lipinski definition) is 1. The second-order valence-corrected chi connectivity index (χ2v) is 5.30. The molecule has 0 unspecified atom stereocenters. The first kappa shape index (κ1) is 11.4. The molecule has 6 heteroatoms. The SMILES string of the molecule is O=C(O)CN1CCc2nc(-c3ccco3)sc2C1. The lowest BCUT2D eigenvalue weighted by Crippen LogP contribution is -2.34. The van der Waals surface area contributed by atoms with Gasteiger partial charge in [-0.3, -0.25) is 9.69 Å². The first-order valence-corrected chi connectivity index (χ1v) is 6.50. The fourth-order valence-corrected chi connectivity index (χ4v) is 3.20. The maximum atomic E-state index is 10.7. The third kappa shape index (κ3) is 2.16. The van der Waals surface area contributed by atoms with Gasteiger partial charge in [0.15, 0.2) is 10.8 Å². The Kier molecular flexibility index (Phi) is 2.89. The van der Waals surface area contributed by atoms with Crippen LogP contribution in [0.15, 0.2) is 22.8 Å². The van der Waals surface area contributed by atoms with Gasteiger partial charge in [0, 0.05) is 24.4 Å². The van der Waals surface area contributed by atoms with Crippen LogP contribution in [-0.2, 0) is 17.8 Å². The van der Waals surface area contributed by atoms with Gasteiger partial charge >= 0.3 is 5.97 Å². The highest BCUT2D eigenvalue weighted by Gasteiger charge is 2.22. The van der Waals surface area contributed by atoms with E-state index in [0.717, 1.165) is 34.3 Å². The van der Waals surface area contributed by atoms with Crippen molar-refractivity contribution in [3.05, 3.63) is 29.0 Å². The van der Waals surface area contributed by atoms with Gasteiger partial charge in [-0.05, 0) is 12.1 Å². The highest BCUT2D eigenvalue weighted by atomic mass is 32.1. The molecule has 3 rings (SSSR count). The Bertz CT molecular complexity index is 562. The summed E-state index contributed by atoms with van der Waals surface area (Å²) in [7, 11) is 0. The molecule has 5 nitrogen and oxygen atoms in total. The van der Waals surface area contributed by atoms with E-state index in [1.807, 2.05) is 17.0 Å². The van der Waals surface area contributed by atoms with Crippen LogP contribution in [-0.4, -0.2) is 34.0 Å². The van der Waals surface area contributed by atoms with Crippen molar-refractivity contribution < 1.29 is 14.3 Å². The van der Waals surface area contributed by atoms with Crippen LogP contribution in [0.5, 0.6) is 0 Å². The second-order valence-electron chi connectivity index (χ2n) is 4.22. The molecule has 18 heavy (non-hydrogen) atoms. The van der Waals surface area contributed by atoms with Gasteiger partial charge in [0.1, 0.15) is 0 Å². The van der Waals surface area contributed by atoms with Gasteiger partial charge in [-0.1, -0.05) is 0 Å². The number of hydrogen-bond acceptors (Lipinski definition) is 5. The van der Waals surface area contributed by atoms with E-state index in [1.165, 1.54) is 0 Å². The van der Waals surface area contributed by atoms with Crippen LogP contribution in [0.1, 0.15) is 10.6 Å². The molecule has 0 spiro atoms. The second kappa shape index (κ2) is 4.55. The van der Waals surface area contributed by atoms with Gasteiger partial charge in [0.25, 0.3) is 0 Å². The van der Waals surface area contributed by atoms with Gasteiger partial charge in [0.05, 0.1) is 18.5 Å². The lowest BCUT2D eigenvalue weighted by atomic mass is 10.2. The summed E-state index contributed by atoms with van der Waals surface area (Å²) in [5.74, 6) is -0.00610. The molecule has 0 fully saturated rings. The Morgan fingerprint density at radius 3 is 3.22 bits per heavy atom. The number of nitrogens with zero attached hydrogens (tertiary/aromatic N) is 2. The van der Waals surface area contributed by atoms with Crippen LogP contribution >= 0.6 is 11.3 Å². The molecule has 94 valence electrons. The molecular formula is C12H12N2O3S. The summed E-state index contributed by atoms with van der Waals surface area (Å²) in [4.78, 5) is 18.3. The number of thiazole rings is 1. The molecule has 0 aromatic carbocycles. The third-order valence-corrected chi connectivity index (χ3v) is 4.00. The van der Waals surface area contributed by atoms with Gasteiger partial charge < -0.3 is 9.52 Å². The first-order valence-electron chi connectivity index (χ1n) is 5.69. The molecule has 0 amide bonds. The normalized spacial score (nSPS) is 15.6. The van der Waals surface area contributed by atoms with Crippen molar-refractivity contribution >= 4 is 17.3 Å². The quantitative estimate of drug-likeness (QED) is 0.916. The summed E-state index contributed by atoms with van der Waals surface area (Å²) in [5, 5.41) is 9.68. The average Bonchev–Trinajstić information content (AvgIpc) is 2.95. The van der Waals surface area contributed by atoms with E-state index in [0.29, 0.717) is 6.54 Å². The number of aliphatic carboxylic acids is 1. The summed E-state index contributed by atoms with van der Waals surface area (Å²) in [6.45, 7) is 1.51. The van der Waals surface area contributed by atoms with Gasteiger partial charge in [-0.15, -0.1) is 11.3 Å². The largest absolute Gasteiger partial charge is 0.480 e. The number of aromatic nitrogens is 1. The Hall–Kier alpha value is -1.66. The van der Waals surface area contributed by atoms with E-state index in [4.69, 9.17) is 9.52 Å². The van der Waals surface area contributed by atoms with Crippen molar-refractivity contribution in [2.75, 3.05) is 13.1 Å². The predicted molar refractivity (Wildman–Crippen MR) is 66.4 cm³/mol. The minimum atomic E-state index is -0.783. The highest BCUT2D eigenvalue weighted by molar-refractivity contribution is 7.15. The van der Waals surface area contributed by atoms with E-state index in [2.05, 4.69) is 4.98 Å². The number of furan rings is 1. The van der Waals surface area contributed by atoms with Crippen molar-refractivity contribution in [1.29, 1.82) is 0 Å². The highest BCUT2D eigenvalue weighted by Crippen LogP contribution is 2.31. The maximum Gasteiger partial charge on any atom is 0.317 e. The number of carboxylic acid groups (broad SMARTS) is 1. The maximum absolute atomic E-state index is 10.7. The van der Waals surface area contributed by atoms with Gasteiger partial charge in [-0.25, -0.2) is 4.98 Å². The lowest BCUT2D eigenvalue weighted by Gasteiger charge is -2.23. The zero-order chi connectivity index (χ0) is 12.5. The van der Waals surface area contributed by atoms with Crippen LogP contribution < -0.4 is 0 Å². The van der Waals surface area contributed by atoms with E-state index >= 15 is 0 Å². The van der Waals surface area contributed by atoms with Crippen molar-refractivity contribution in [3.8, 4) is 10.8 Å². The molecule has 2 aromatic heterocycles. The molecule has 0 saturated carbocycles. The summed E-state index contributed by atoms with van der Waals surface area (Å²) < 4.78 is 5.33. The van der Waals surface area contributed by atoms with Crippen LogP contribution in [0.4, 0.5) is 0 Å². The average molecular weight is 264 g/mol. The number of carbonyl (C=O) groups is 1. The van der Waals surface area contributed by atoms with E-state index < -0.39 is 5.97 Å². The number of fused-ring (bicyclic) bond motifs is 1. The van der Waals surface area contributed by atoms with E-state index in [1.54, 1.807) is 17.6 Å². The minimum Gasteiger partial charge on any atom is -0.480 e. The Balaban J connectivity index is 1.82. The molecule has 0 atom stereocenters. The van der Waals surface area contributed by atoms with Crippen LogP contribution in [0.3, 0.4) is 0 Å². The molecule has 0 bridgehead atoms. The van der Waals surface area contributed by atoms with Crippen LogP contribution in [0.25, 0.3) is 10.8 Å². The summed E-state index contributed by atoms with van der Waals surface area (Å²) in [5.41, 5.74) is 1.08. The molecule has 2 aromatic rings. The first-order chi connectivity index (χ1) is 8.72. The lowest BCUT2D eigenvalue weighted by molar-refractivity contribution is -0.138. The standard InChI is InChI=1S/C12H12N2O3S/c15-11(16)7-14-4-3-8-10(6-14)18-12(13-8)9-2-1-5-17-9/h1-2,5H,3-4,6-7H2,(H,15,16). The summed E-state index contributed by atoms with van der Waals surface area (Å²) >= 11 is 1.58. The molecule has 0 radical (unpaired) electrons.